The van der Waals surface area contributed by atoms with Gasteiger partial charge in [-0.05, 0) is 43.9 Å². The third-order valence-corrected chi connectivity index (χ3v) is 4.37. The van der Waals surface area contributed by atoms with Crippen LogP contribution in [0.2, 0.25) is 0 Å². The average Bonchev–Trinajstić information content (AvgIpc) is 3.20. The number of aromatic nitrogens is 4. The highest BCUT2D eigenvalue weighted by atomic mass is 16.5. The van der Waals surface area contributed by atoms with Gasteiger partial charge in [0.25, 0.3) is 0 Å². The van der Waals surface area contributed by atoms with E-state index in [1.165, 1.54) is 18.5 Å². The van der Waals surface area contributed by atoms with Crippen LogP contribution in [-0.4, -0.2) is 37.8 Å². The number of hydrogen-bond acceptors (Lipinski definition) is 4. The van der Waals surface area contributed by atoms with Gasteiger partial charge in [-0.25, -0.2) is 4.68 Å². The van der Waals surface area contributed by atoms with Crippen LogP contribution in [0.15, 0.2) is 30.5 Å². The fraction of sp³-hybridized carbons (Fsp3) is 0.412. The van der Waals surface area contributed by atoms with E-state index in [0.717, 1.165) is 35.2 Å². The van der Waals surface area contributed by atoms with Gasteiger partial charge in [-0.1, -0.05) is 11.3 Å². The third-order valence-electron chi connectivity index (χ3n) is 4.37. The zero-order valence-corrected chi connectivity index (χ0v) is 12.9. The Morgan fingerprint density at radius 2 is 2.17 bits per heavy atom. The summed E-state index contributed by atoms with van der Waals surface area (Å²) in [6.45, 7) is 0.657. The number of aryl methyl sites for hydroxylation is 1. The smallest absolute Gasteiger partial charge is 0.128 e. The van der Waals surface area contributed by atoms with Crippen molar-refractivity contribution in [3.63, 3.8) is 0 Å². The summed E-state index contributed by atoms with van der Waals surface area (Å²) in [7, 11) is 0. The van der Waals surface area contributed by atoms with Crippen LogP contribution in [0.5, 0.6) is 5.75 Å². The molecule has 0 amide bonds. The van der Waals surface area contributed by atoms with Crippen molar-refractivity contribution in [3.8, 4) is 5.75 Å². The van der Waals surface area contributed by atoms with Crippen LogP contribution in [0.4, 0.5) is 0 Å². The van der Waals surface area contributed by atoms with Crippen LogP contribution in [0.1, 0.15) is 24.2 Å². The summed E-state index contributed by atoms with van der Waals surface area (Å²) in [5.41, 5.74) is 3.28. The second kappa shape index (κ2) is 6.04. The Hall–Kier alpha value is -2.34. The number of nitrogens with one attached hydrogen (secondary N) is 1. The van der Waals surface area contributed by atoms with Crippen molar-refractivity contribution < 1.29 is 9.84 Å². The molecule has 4 rings (SSSR count). The fourth-order valence-corrected chi connectivity index (χ4v) is 3.19. The molecule has 120 valence electrons. The van der Waals surface area contributed by atoms with Crippen LogP contribution < -0.4 is 4.74 Å². The Morgan fingerprint density at radius 1 is 1.26 bits per heavy atom. The molecule has 23 heavy (non-hydrogen) atoms. The van der Waals surface area contributed by atoms with Crippen molar-refractivity contribution in [1.82, 2.24) is 20.0 Å². The van der Waals surface area contributed by atoms with E-state index in [9.17, 15) is 5.11 Å². The van der Waals surface area contributed by atoms with Gasteiger partial charge in [-0.15, -0.1) is 5.10 Å². The van der Waals surface area contributed by atoms with Gasteiger partial charge >= 0.3 is 0 Å². The van der Waals surface area contributed by atoms with E-state index < -0.39 is 6.10 Å². The molecule has 0 fully saturated rings. The van der Waals surface area contributed by atoms with Gasteiger partial charge in [-0.2, -0.15) is 0 Å². The van der Waals surface area contributed by atoms with Crippen molar-refractivity contribution in [3.05, 3.63) is 41.9 Å². The van der Waals surface area contributed by atoms with E-state index in [1.807, 2.05) is 35.1 Å². The topological polar surface area (TPSA) is 76.0 Å². The maximum Gasteiger partial charge on any atom is 0.128 e. The minimum Gasteiger partial charge on any atom is -0.490 e. The molecule has 6 nitrogen and oxygen atoms in total. The molecule has 1 aromatic carbocycles. The number of rotatable bonds is 5. The van der Waals surface area contributed by atoms with Crippen molar-refractivity contribution in [2.75, 3.05) is 6.61 Å². The van der Waals surface area contributed by atoms with Crippen molar-refractivity contribution in [2.45, 2.75) is 38.3 Å². The van der Waals surface area contributed by atoms with Gasteiger partial charge in [-0.3, -0.25) is 0 Å². The number of aromatic amines is 1. The van der Waals surface area contributed by atoms with Gasteiger partial charge in [0.05, 0.1) is 17.9 Å². The zero-order valence-electron chi connectivity index (χ0n) is 12.9. The Kier molecular flexibility index (Phi) is 3.75. The molecule has 1 aliphatic carbocycles. The second-order valence-electron chi connectivity index (χ2n) is 6.03. The molecule has 0 bridgehead atoms. The lowest BCUT2D eigenvalue weighted by Crippen LogP contribution is -2.25. The standard InChI is InChI=1S/C17H20N4O2/c22-12(10-21-16-6-2-1-4-15(16)19-20-21)11-23-17-7-3-5-14-13(17)8-9-18-14/h3,5,7-9,12,18,22H,1-2,4,6,10-11H2. The number of benzene rings is 1. The molecule has 2 heterocycles. The summed E-state index contributed by atoms with van der Waals surface area (Å²) in [6.07, 6.45) is 5.61. The average molecular weight is 312 g/mol. The fourth-order valence-electron chi connectivity index (χ4n) is 3.19. The molecule has 0 aliphatic heterocycles. The summed E-state index contributed by atoms with van der Waals surface area (Å²) in [5.74, 6) is 0.781. The first-order valence-corrected chi connectivity index (χ1v) is 8.09. The lowest BCUT2D eigenvalue weighted by atomic mass is 10.0. The van der Waals surface area contributed by atoms with Gasteiger partial charge in [0.1, 0.15) is 18.5 Å². The highest BCUT2D eigenvalue weighted by Gasteiger charge is 2.18. The predicted molar refractivity (Wildman–Crippen MR) is 86.5 cm³/mol. The highest BCUT2D eigenvalue weighted by Crippen LogP contribution is 2.24. The van der Waals surface area contributed by atoms with Gasteiger partial charge in [0.15, 0.2) is 0 Å². The Balaban J connectivity index is 1.41. The number of aliphatic hydroxyl groups excluding tert-OH is 1. The molecule has 2 N–H and O–H groups in total. The van der Waals surface area contributed by atoms with Crippen LogP contribution in [0.25, 0.3) is 10.9 Å². The molecule has 6 heteroatoms. The van der Waals surface area contributed by atoms with E-state index in [2.05, 4.69) is 15.3 Å². The molecule has 1 aliphatic rings. The minimum absolute atomic E-state index is 0.235. The Labute approximate surface area is 134 Å². The Bertz CT molecular complexity index is 808. The van der Waals surface area contributed by atoms with Crippen molar-refractivity contribution in [2.24, 2.45) is 0 Å². The maximum absolute atomic E-state index is 10.3. The first-order chi connectivity index (χ1) is 11.3. The van der Waals surface area contributed by atoms with Gasteiger partial charge in [0.2, 0.25) is 0 Å². The molecular weight excluding hydrogens is 292 g/mol. The van der Waals surface area contributed by atoms with Gasteiger partial charge in [0, 0.05) is 17.1 Å². The summed E-state index contributed by atoms with van der Waals surface area (Å²) < 4.78 is 7.63. The SMILES string of the molecule is OC(COc1cccc2[nH]ccc12)Cn1nnc2c1CCCC2. The highest BCUT2D eigenvalue weighted by molar-refractivity contribution is 5.85. The zero-order chi connectivity index (χ0) is 15.6. The number of hydrogen-bond donors (Lipinski definition) is 2. The van der Waals surface area contributed by atoms with E-state index in [0.29, 0.717) is 6.54 Å². The summed E-state index contributed by atoms with van der Waals surface area (Å²) in [4.78, 5) is 3.15. The number of aliphatic hydroxyl groups is 1. The van der Waals surface area contributed by atoms with Crippen LogP contribution in [-0.2, 0) is 19.4 Å². The predicted octanol–water partition coefficient (Wildman–Crippen LogP) is 2.08. The molecule has 2 aromatic heterocycles. The van der Waals surface area contributed by atoms with E-state index in [4.69, 9.17) is 4.74 Å². The van der Waals surface area contributed by atoms with Crippen LogP contribution in [0, 0.1) is 0 Å². The number of fused-ring (bicyclic) bond motifs is 2. The molecule has 0 saturated carbocycles. The molecule has 0 spiro atoms. The van der Waals surface area contributed by atoms with Gasteiger partial charge < -0.3 is 14.8 Å². The monoisotopic (exact) mass is 312 g/mol. The first-order valence-electron chi connectivity index (χ1n) is 8.09. The molecule has 0 saturated heterocycles. The quantitative estimate of drug-likeness (QED) is 0.756. The lowest BCUT2D eigenvalue weighted by Gasteiger charge is -2.16. The first kappa shape index (κ1) is 14.3. The summed E-state index contributed by atoms with van der Waals surface area (Å²) in [5, 5.41) is 19.7. The normalized spacial score (nSPS) is 15.5. The maximum atomic E-state index is 10.3. The second-order valence-corrected chi connectivity index (χ2v) is 6.03. The molecule has 0 radical (unpaired) electrons. The van der Waals surface area contributed by atoms with Crippen molar-refractivity contribution in [1.29, 1.82) is 0 Å². The van der Waals surface area contributed by atoms with E-state index in [1.54, 1.807) is 0 Å². The molecule has 1 atom stereocenters. The number of nitrogens with zero attached hydrogens (tertiary/aromatic N) is 3. The van der Waals surface area contributed by atoms with E-state index in [-0.39, 0.29) is 6.61 Å². The third kappa shape index (κ3) is 2.82. The molecular formula is C17H20N4O2. The Morgan fingerprint density at radius 3 is 3.13 bits per heavy atom. The summed E-state index contributed by atoms with van der Waals surface area (Å²) in [6, 6.07) is 7.83. The van der Waals surface area contributed by atoms with Crippen LogP contribution >= 0.6 is 0 Å². The largest absolute Gasteiger partial charge is 0.490 e. The minimum atomic E-state index is -0.614. The summed E-state index contributed by atoms with van der Waals surface area (Å²) >= 11 is 0. The van der Waals surface area contributed by atoms with Crippen LogP contribution in [0.3, 0.4) is 0 Å². The molecule has 3 aromatic rings. The van der Waals surface area contributed by atoms with Crippen molar-refractivity contribution >= 4 is 10.9 Å². The van der Waals surface area contributed by atoms with E-state index >= 15 is 0 Å². The number of H-pyrrole nitrogens is 1. The molecule has 1 unspecified atom stereocenters. The lowest BCUT2D eigenvalue weighted by molar-refractivity contribution is 0.0886. The number of ether oxygens (including phenoxy) is 1.